The third-order valence-corrected chi connectivity index (χ3v) is 8.35. The third-order valence-electron chi connectivity index (χ3n) is 8.35. The van der Waals surface area contributed by atoms with Crippen LogP contribution in [-0.4, -0.2) is 35.2 Å². The van der Waals surface area contributed by atoms with Crippen LogP contribution in [0.5, 0.6) is 0 Å². The first-order valence-electron chi connectivity index (χ1n) is 11.1. The molecule has 8 heteroatoms. The van der Waals surface area contributed by atoms with E-state index in [4.69, 9.17) is 4.52 Å². The molecule has 3 saturated carbocycles. The second kappa shape index (κ2) is 8.15. The van der Waals surface area contributed by atoms with Gasteiger partial charge in [0, 0.05) is 6.07 Å². The maximum absolute atomic E-state index is 13.1. The summed E-state index contributed by atoms with van der Waals surface area (Å²) >= 11 is 0. The van der Waals surface area contributed by atoms with Crippen LogP contribution in [0.15, 0.2) is 10.6 Å². The average Bonchev–Trinajstić information content (AvgIpc) is 2.97. The molecule has 30 heavy (non-hydrogen) atoms. The predicted molar refractivity (Wildman–Crippen MR) is 112 cm³/mol. The van der Waals surface area contributed by atoms with Gasteiger partial charge in [-0.3, -0.25) is 9.59 Å². The Balaban J connectivity index is 0.00000218. The number of hydrogen-bond donors (Lipinski definition) is 3. The van der Waals surface area contributed by atoms with Crippen molar-refractivity contribution in [2.45, 2.75) is 52.0 Å². The van der Waals surface area contributed by atoms with Gasteiger partial charge in [0.15, 0.2) is 0 Å². The van der Waals surface area contributed by atoms with Crippen molar-refractivity contribution in [3.8, 4) is 0 Å². The van der Waals surface area contributed by atoms with E-state index in [0.29, 0.717) is 29.8 Å². The fraction of sp³-hybridized carbons (Fsp3) is 0.773. The first kappa shape index (κ1) is 21.6. The lowest BCUT2D eigenvalue weighted by atomic mass is 9.78. The number of carboxylic acids is 1. The van der Waals surface area contributed by atoms with E-state index < -0.39 is 17.8 Å². The lowest BCUT2D eigenvalue weighted by molar-refractivity contribution is -0.149. The van der Waals surface area contributed by atoms with Gasteiger partial charge in [-0.15, -0.1) is 12.4 Å². The zero-order valence-electron chi connectivity index (χ0n) is 17.4. The number of carbonyl (C=O) groups excluding carboxylic acids is 1. The maximum atomic E-state index is 13.1. The summed E-state index contributed by atoms with van der Waals surface area (Å²) in [6, 6.07) is 1.80. The summed E-state index contributed by atoms with van der Waals surface area (Å²) in [6.07, 6.45) is 6.79. The topological polar surface area (TPSA) is 104 Å². The maximum Gasteiger partial charge on any atom is 0.307 e. The normalized spacial score (nSPS) is 39.0. The summed E-state index contributed by atoms with van der Waals surface area (Å²) in [6.45, 7) is 4.31. The van der Waals surface area contributed by atoms with Crippen molar-refractivity contribution in [3.63, 3.8) is 0 Å². The molecule has 3 aliphatic carbocycles. The number of aryl methyl sites for hydroxylation is 1. The number of carboxylic acid groups (broad SMARTS) is 1. The second-order valence-corrected chi connectivity index (χ2v) is 9.79. The molecule has 7 atom stereocenters. The molecule has 1 aromatic heterocycles. The van der Waals surface area contributed by atoms with E-state index in [1.165, 1.54) is 19.3 Å². The number of aromatic nitrogens is 1. The van der Waals surface area contributed by atoms with Gasteiger partial charge in [-0.2, -0.15) is 0 Å². The highest BCUT2D eigenvalue weighted by atomic mass is 35.5. The number of piperidine rings is 1. The van der Waals surface area contributed by atoms with Crippen LogP contribution in [-0.2, 0) is 16.1 Å². The Morgan fingerprint density at radius 1 is 1.30 bits per heavy atom. The lowest BCUT2D eigenvalue weighted by Crippen LogP contribution is -2.41. The van der Waals surface area contributed by atoms with Gasteiger partial charge >= 0.3 is 5.97 Å². The first-order chi connectivity index (χ1) is 14.0. The standard InChI is InChI=1S/C22H31N3O4.ClH/c1-12-7-15(25-29-12)11-24-20(26)18-16-4-5-17(19(18)21(27)28)22(16)9-14(22)8-13-3-2-6-23-10-13;/h7,13-14,16-19,23H,2-6,8-11H2,1H3,(H,24,26)(H,27,28);1H/t13?,14?,16-,17+,18+,19+,22?;/m0./s1. The Labute approximate surface area is 183 Å². The van der Waals surface area contributed by atoms with E-state index >= 15 is 0 Å². The highest BCUT2D eigenvalue weighted by Crippen LogP contribution is 2.78. The Bertz CT molecular complexity index is 808. The minimum Gasteiger partial charge on any atom is -0.481 e. The summed E-state index contributed by atoms with van der Waals surface area (Å²) in [7, 11) is 0. The van der Waals surface area contributed by atoms with Gasteiger partial charge in [-0.25, -0.2) is 0 Å². The SMILES string of the molecule is Cc1cc(CNC(=O)[C@H]2[C@H](C(=O)O)[C@H]3CC[C@@H]2C32CC2CC2CCCNC2)no1.Cl. The van der Waals surface area contributed by atoms with Crippen molar-refractivity contribution in [1.82, 2.24) is 15.8 Å². The molecule has 1 aliphatic heterocycles. The summed E-state index contributed by atoms with van der Waals surface area (Å²) in [4.78, 5) is 25.3. The molecule has 1 aromatic rings. The van der Waals surface area contributed by atoms with E-state index in [1.807, 2.05) is 6.92 Å². The highest BCUT2D eigenvalue weighted by molar-refractivity contribution is 5.87. The number of nitrogens with zero attached hydrogens (tertiary/aromatic N) is 1. The highest BCUT2D eigenvalue weighted by Gasteiger charge is 2.75. The van der Waals surface area contributed by atoms with Gasteiger partial charge in [-0.1, -0.05) is 5.16 Å². The molecular weight excluding hydrogens is 406 g/mol. The molecule has 4 aliphatic rings. The molecule has 2 bridgehead atoms. The van der Waals surface area contributed by atoms with Gasteiger partial charge in [0.25, 0.3) is 0 Å². The minimum absolute atomic E-state index is 0. The zero-order chi connectivity index (χ0) is 20.2. The van der Waals surface area contributed by atoms with Crippen LogP contribution in [0.4, 0.5) is 0 Å². The molecule has 0 radical (unpaired) electrons. The molecule has 7 nitrogen and oxygen atoms in total. The predicted octanol–water partition coefficient (Wildman–Crippen LogP) is 2.77. The van der Waals surface area contributed by atoms with Crippen molar-refractivity contribution >= 4 is 24.3 Å². The van der Waals surface area contributed by atoms with Crippen molar-refractivity contribution in [2.75, 3.05) is 13.1 Å². The van der Waals surface area contributed by atoms with E-state index in [1.54, 1.807) is 6.07 Å². The third kappa shape index (κ3) is 3.44. The molecule has 4 fully saturated rings. The first-order valence-corrected chi connectivity index (χ1v) is 11.1. The Hall–Kier alpha value is -1.60. The molecular formula is C22H32ClN3O4. The molecule has 1 saturated heterocycles. The summed E-state index contributed by atoms with van der Waals surface area (Å²) < 4.78 is 5.06. The van der Waals surface area contributed by atoms with Gasteiger partial charge in [0.1, 0.15) is 11.5 Å². The van der Waals surface area contributed by atoms with Crippen LogP contribution >= 0.6 is 12.4 Å². The number of rotatable bonds is 6. The van der Waals surface area contributed by atoms with Gasteiger partial charge < -0.3 is 20.3 Å². The van der Waals surface area contributed by atoms with E-state index in [2.05, 4.69) is 15.8 Å². The van der Waals surface area contributed by atoms with Crippen molar-refractivity contribution in [3.05, 3.63) is 17.5 Å². The monoisotopic (exact) mass is 437 g/mol. The fourth-order valence-corrected chi connectivity index (χ4v) is 7.27. The van der Waals surface area contributed by atoms with Crippen LogP contribution in [0.1, 0.15) is 50.0 Å². The van der Waals surface area contributed by atoms with Crippen molar-refractivity contribution < 1.29 is 19.2 Å². The van der Waals surface area contributed by atoms with Crippen molar-refractivity contribution in [2.24, 2.45) is 40.9 Å². The molecule has 1 amide bonds. The molecule has 5 rings (SSSR count). The smallest absolute Gasteiger partial charge is 0.307 e. The minimum atomic E-state index is -0.793. The van der Waals surface area contributed by atoms with Gasteiger partial charge in [0.2, 0.25) is 5.91 Å². The average molecular weight is 438 g/mol. The fourth-order valence-electron chi connectivity index (χ4n) is 7.27. The Morgan fingerprint density at radius 3 is 2.70 bits per heavy atom. The number of carbonyl (C=O) groups is 2. The van der Waals surface area contributed by atoms with E-state index in [-0.39, 0.29) is 35.6 Å². The van der Waals surface area contributed by atoms with Gasteiger partial charge in [0.05, 0.1) is 18.4 Å². The molecule has 2 heterocycles. The molecule has 1 spiro atoms. The van der Waals surface area contributed by atoms with Crippen LogP contribution < -0.4 is 10.6 Å². The van der Waals surface area contributed by atoms with Crippen LogP contribution in [0.25, 0.3) is 0 Å². The van der Waals surface area contributed by atoms with Crippen molar-refractivity contribution in [1.29, 1.82) is 0 Å². The number of hydrogen-bond acceptors (Lipinski definition) is 5. The molecule has 0 aromatic carbocycles. The van der Waals surface area contributed by atoms with Crippen LogP contribution in [0.3, 0.4) is 0 Å². The zero-order valence-corrected chi connectivity index (χ0v) is 18.2. The van der Waals surface area contributed by atoms with E-state index in [0.717, 1.165) is 32.4 Å². The second-order valence-electron chi connectivity index (χ2n) is 9.79. The quantitative estimate of drug-likeness (QED) is 0.632. The van der Waals surface area contributed by atoms with E-state index in [9.17, 15) is 14.7 Å². The summed E-state index contributed by atoms with van der Waals surface area (Å²) in [5.74, 6) is 0.534. The summed E-state index contributed by atoms with van der Waals surface area (Å²) in [5, 5.41) is 20.4. The van der Waals surface area contributed by atoms with Crippen LogP contribution in [0.2, 0.25) is 0 Å². The lowest BCUT2D eigenvalue weighted by Gasteiger charge is -2.26. The largest absolute Gasteiger partial charge is 0.481 e. The number of halogens is 1. The number of nitrogens with one attached hydrogen (secondary N) is 2. The number of aliphatic carboxylic acids is 1. The Kier molecular flexibility index (Phi) is 5.88. The van der Waals surface area contributed by atoms with Gasteiger partial charge in [-0.05, 0) is 87.6 Å². The molecule has 166 valence electrons. The molecule has 3 N–H and O–H groups in total. The Morgan fingerprint density at radius 2 is 2.07 bits per heavy atom. The summed E-state index contributed by atoms with van der Waals surface area (Å²) in [5.41, 5.74) is 0.780. The molecule has 3 unspecified atom stereocenters. The number of amides is 1. The van der Waals surface area contributed by atoms with Crippen LogP contribution in [0, 0.1) is 47.8 Å².